The summed E-state index contributed by atoms with van der Waals surface area (Å²) in [6, 6.07) is 4.46. The van der Waals surface area contributed by atoms with E-state index in [1.807, 2.05) is 0 Å². The first-order valence-corrected chi connectivity index (χ1v) is 14.6. The van der Waals surface area contributed by atoms with Crippen molar-refractivity contribution in [2.75, 3.05) is 0 Å². The average molecular weight is 447 g/mol. The normalized spacial score (nSPS) is 23.8. The van der Waals surface area contributed by atoms with E-state index < -0.39 is 10.1 Å². The van der Waals surface area contributed by atoms with Gasteiger partial charge >= 0.3 is 0 Å². The van der Waals surface area contributed by atoms with Crippen LogP contribution < -0.4 is 0 Å². The van der Waals surface area contributed by atoms with Gasteiger partial charge in [0.2, 0.25) is 0 Å². The summed E-state index contributed by atoms with van der Waals surface area (Å²) >= 11 is 0. The van der Waals surface area contributed by atoms with E-state index in [1.165, 1.54) is 95.5 Å². The highest BCUT2D eigenvalue weighted by molar-refractivity contribution is 7.86. The van der Waals surface area contributed by atoms with Crippen molar-refractivity contribution in [2.24, 2.45) is 0 Å². The first kappa shape index (κ1) is 23.3. The quantitative estimate of drug-likeness (QED) is 0.374. The Hall–Kier alpha value is -0.870. The van der Waals surface area contributed by atoms with E-state index in [9.17, 15) is 13.0 Å². The molecular weight excluding hydrogens is 404 g/mol. The summed E-state index contributed by atoms with van der Waals surface area (Å²) in [6.07, 6.45) is 21.5. The van der Waals surface area contributed by atoms with Crippen LogP contribution in [-0.4, -0.2) is 13.0 Å². The summed E-state index contributed by atoms with van der Waals surface area (Å²) in [4.78, 5) is 0.309. The van der Waals surface area contributed by atoms with Gasteiger partial charge in [0.15, 0.2) is 0 Å². The predicted octanol–water partition coefficient (Wildman–Crippen LogP) is 8.25. The molecule has 0 saturated heterocycles. The SMILES string of the molecule is O=S(=O)(O)c1c(C2CCCCCC2)cc(C2CCCCCC2)cc1C1CCCCCC1. The standard InChI is InChI=1S/C27H42O3S/c28-31(29,30)27-25(22-15-9-3-4-10-16-22)19-24(21-13-7-1-2-8-14-21)20-26(27)23-17-11-5-6-12-18-23/h19-23H,1-18H2,(H,28,29,30). The minimum absolute atomic E-state index is 0.273. The molecule has 4 rings (SSSR count). The number of rotatable bonds is 4. The van der Waals surface area contributed by atoms with Gasteiger partial charge in [0, 0.05) is 0 Å². The first-order valence-electron chi connectivity index (χ1n) is 13.2. The van der Waals surface area contributed by atoms with Crippen LogP contribution in [0.3, 0.4) is 0 Å². The Morgan fingerprint density at radius 3 is 1.19 bits per heavy atom. The van der Waals surface area contributed by atoms with Gasteiger partial charge in [-0.15, -0.1) is 0 Å². The van der Waals surface area contributed by atoms with Gasteiger partial charge in [-0.05, 0) is 73.0 Å². The van der Waals surface area contributed by atoms with Crippen molar-refractivity contribution in [3.63, 3.8) is 0 Å². The van der Waals surface area contributed by atoms with Crippen molar-refractivity contribution in [3.8, 4) is 0 Å². The predicted molar refractivity (Wildman–Crippen MR) is 128 cm³/mol. The van der Waals surface area contributed by atoms with E-state index in [1.54, 1.807) is 0 Å². The van der Waals surface area contributed by atoms with Crippen LogP contribution in [-0.2, 0) is 10.1 Å². The van der Waals surface area contributed by atoms with Crippen molar-refractivity contribution in [2.45, 2.75) is 138 Å². The minimum atomic E-state index is -4.24. The summed E-state index contributed by atoms with van der Waals surface area (Å²) in [7, 11) is -4.24. The molecule has 3 saturated carbocycles. The smallest absolute Gasteiger partial charge is 0.282 e. The fourth-order valence-corrected chi connectivity index (χ4v) is 7.68. The third-order valence-corrected chi connectivity index (χ3v) is 9.33. The molecule has 31 heavy (non-hydrogen) atoms. The number of benzene rings is 1. The van der Waals surface area contributed by atoms with Crippen LogP contribution >= 0.6 is 0 Å². The molecule has 1 aromatic rings. The van der Waals surface area contributed by atoms with Crippen LogP contribution in [0.15, 0.2) is 17.0 Å². The van der Waals surface area contributed by atoms with Crippen molar-refractivity contribution < 1.29 is 13.0 Å². The number of hydrogen-bond acceptors (Lipinski definition) is 2. The van der Waals surface area contributed by atoms with E-state index in [2.05, 4.69) is 12.1 Å². The van der Waals surface area contributed by atoms with E-state index in [0.29, 0.717) is 10.8 Å². The van der Waals surface area contributed by atoms with Gasteiger partial charge in [0.1, 0.15) is 4.90 Å². The molecule has 0 amide bonds. The summed E-state index contributed by atoms with van der Waals surface area (Å²) in [5.74, 6) is 1.09. The highest BCUT2D eigenvalue weighted by atomic mass is 32.2. The van der Waals surface area contributed by atoms with Gasteiger partial charge in [-0.25, -0.2) is 0 Å². The Bertz CT molecular complexity index is 764. The van der Waals surface area contributed by atoms with E-state index in [-0.39, 0.29) is 11.8 Å². The van der Waals surface area contributed by atoms with E-state index in [0.717, 1.165) is 36.8 Å². The summed E-state index contributed by atoms with van der Waals surface area (Å²) < 4.78 is 36.1. The molecule has 0 heterocycles. The van der Waals surface area contributed by atoms with Crippen LogP contribution in [0.4, 0.5) is 0 Å². The molecular formula is C27H42O3S. The van der Waals surface area contributed by atoms with Crippen molar-refractivity contribution >= 4 is 10.1 Å². The van der Waals surface area contributed by atoms with Crippen LogP contribution in [0.1, 0.15) is 150 Å². The topological polar surface area (TPSA) is 54.4 Å². The largest absolute Gasteiger partial charge is 0.295 e. The van der Waals surface area contributed by atoms with Crippen LogP contribution in [0.2, 0.25) is 0 Å². The van der Waals surface area contributed by atoms with Crippen molar-refractivity contribution in [1.82, 2.24) is 0 Å². The fourth-order valence-electron chi connectivity index (χ4n) is 6.63. The van der Waals surface area contributed by atoms with Crippen LogP contribution in [0.5, 0.6) is 0 Å². The van der Waals surface area contributed by atoms with Crippen molar-refractivity contribution in [3.05, 3.63) is 28.8 Å². The first-order chi connectivity index (χ1) is 15.0. The lowest BCUT2D eigenvalue weighted by molar-refractivity contribution is 0.472. The maximum Gasteiger partial charge on any atom is 0.295 e. The zero-order chi connectivity index (χ0) is 21.7. The lowest BCUT2D eigenvalue weighted by Gasteiger charge is -2.27. The minimum Gasteiger partial charge on any atom is -0.282 e. The molecule has 0 radical (unpaired) electrons. The molecule has 174 valence electrons. The highest BCUT2D eigenvalue weighted by Crippen LogP contribution is 2.44. The van der Waals surface area contributed by atoms with Gasteiger partial charge in [-0.1, -0.05) is 89.2 Å². The van der Waals surface area contributed by atoms with E-state index in [4.69, 9.17) is 0 Å². The maximum atomic E-state index is 12.8. The maximum absolute atomic E-state index is 12.8. The van der Waals surface area contributed by atoms with Gasteiger partial charge < -0.3 is 0 Å². The summed E-state index contributed by atoms with van der Waals surface area (Å²) in [5.41, 5.74) is 3.29. The Morgan fingerprint density at radius 2 is 0.871 bits per heavy atom. The monoisotopic (exact) mass is 446 g/mol. The average Bonchev–Trinajstić information content (AvgIpc) is 3.28. The number of hydrogen-bond donors (Lipinski definition) is 1. The summed E-state index contributed by atoms with van der Waals surface area (Å²) in [6.45, 7) is 0. The molecule has 0 atom stereocenters. The molecule has 0 aliphatic heterocycles. The molecule has 4 heteroatoms. The Labute approximate surface area is 190 Å². The van der Waals surface area contributed by atoms with Crippen molar-refractivity contribution in [1.29, 1.82) is 0 Å². The molecule has 1 N–H and O–H groups in total. The molecule has 0 aromatic heterocycles. The zero-order valence-corrected chi connectivity index (χ0v) is 20.1. The van der Waals surface area contributed by atoms with Gasteiger partial charge in [-0.3, -0.25) is 4.55 Å². The second kappa shape index (κ2) is 10.8. The second-order valence-corrected chi connectivity index (χ2v) is 11.9. The molecule has 3 fully saturated rings. The van der Waals surface area contributed by atoms with Gasteiger partial charge in [0.05, 0.1) is 0 Å². The Balaban J connectivity index is 1.84. The van der Waals surface area contributed by atoms with Gasteiger partial charge in [0.25, 0.3) is 10.1 Å². The Kier molecular flexibility index (Phi) is 8.14. The second-order valence-electron chi connectivity index (χ2n) is 10.6. The highest BCUT2D eigenvalue weighted by Gasteiger charge is 2.31. The van der Waals surface area contributed by atoms with Crippen LogP contribution in [0.25, 0.3) is 0 Å². The van der Waals surface area contributed by atoms with Gasteiger partial charge in [-0.2, -0.15) is 8.42 Å². The third kappa shape index (κ3) is 5.93. The molecule has 3 aliphatic rings. The molecule has 0 spiro atoms. The van der Waals surface area contributed by atoms with E-state index >= 15 is 0 Å². The third-order valence-electron chi connectivity index (χ3n) is 8.34. The van der Waals surface area contributed by atoms with Crippen LogP contribution in [0, 0.1) is 0 Å². The molecule has 1 aromatic carbocycles. The fraction of sp³-hybridized carbons (Fsp3) is 0.778. The molecule has 3 aliphatic carbocycles. The molecule has 0 unspecified atom stereocenters. The lowest BCUT2D eigenvalue weighted by Crippen LogP contribution is -2.15. The molecule has 3 nitrogen and oxygen atoms in total. The lowest BCUT2D eigenvalue weighted by atomic mass is 9.81. The Morgan fingerprint density at radius 1 is 0.548 bits per heavy atom. The molecule has 0 bridgehead atoms. The summed E-state index contributed by atoms with van der Waals surface area (Å²) in [5, 5.41) is 0. The zero-order valence-electron chi connectivity index (χ0n) is 19.3.